The van der Waals surface area contributed by atoms with Crippen molar-refractivity contribution in [2.45, 2.75) is 25.9 Å². The van der Waals surface area contributed by atoms with Crippen molar-refractivity contribution in [1.29, 1.82) is 0 Å². The van der Waals surface area contributed by atoms with Crippen LogP contribution in [0.2, 0.25) is 0 Å². The van der Waals surface area contributed by atoms with Crippen molar-refractivity contribution in [2.75, 3.05) is 26.2 Å². The van der Waals surface area contributed by atoms with Gasteiger partial charge in [-0.05, 0) is 49.3 Å². The Morgan fingerprint density at radius 2 is 1.78 bits per heavy atom. The maximum atomic E-state index is 13.0. The molecule has 2 fully saturated rings. The minimum absolute atomic E-state index is 0. The fourth-order valence-corrected chi connectivity index (χ4v) is 4.94. The summed E-state index contributed by atoms with van der Waals surface area (Å²) >= 11 is 0. The van der Waals surface area contributed by atoms with Gasteiger partial charge in [-0.3, -0.25) is 19.5 Å². The molecule has 2 bridgehead atoms. The number of carbonyl (C=O) groups excluding carboxylic acids is 2. The van der Waals surface area contributed by atoms with Crippen molar-refractivity contribution in [2.24, 2.45) is 28.7 Å². The van der Waals surface area contributed by atoms with Crippen molar-refractivity contribution in [3.8, 4) is 0 Å². The molecule has 0 spiro atoms. The van der Waals surface area contributed by atoms with E-state index in [2.05, 4.69) is 27.8 Å². The van der Waals surface area contributed by atoms with Gasteiger partial charge in [0.1, 0.15) is 5.82 Å². The van der Waals surface area contributed by atoms with E-state index in [9.17, 15) is 19.1 Å². The number of allylic oxidation sites excluding steroid dienone is 2. The smallest absolute Gasteiger partial charge is 0.233 e. The SMILES string of the molecule is CCNC(=NCC(O)c1ccc(F)cc1)NCCCN1C(=O)C2C3C=CC(C3)C2C1=O.I. The molecule has 1 aromatic carbocycles. The molecule has 5 atom stereocenters. The lowest BCUT2D eigenvalue weighted by atomic mass is 9.85. The highest BCUT2D eigenvalue weighted by Crippen LogP contribution is 2.52. The summed E-state index contributed by atoms with van der Waals surface area (Å²) in [6.45, 7) is 3.66. The van der Waals surface area contributed by atoms with Crippen LogP contribution in [0.1, 0.15) is 31.4 Å². The van der Waals surface area contributed by atoms with Gasteiger partial charge in [-0.15, -0.1) is 24.0 Å². The average Bonchev–Trinajstić information content (AvgIpc) is 3.44. The van der Waals surface area contributed by atoms with Crippen LogP contribution < -0.4 is 10.6 Å². The van der Waals surface area contributed by atoms with Crippen molar-refractivity contribution < 1.29 is 19.1 Å². The van der Waals surface area contributed by atoms with E-state index < -0.39 is 6.10 Å². The van der Waals surface area contributed by atoms with E-state index in [1.54, 1.807) is 0 Å². The molecule has 0 aromatic heterocycles. The quantitative estimate of drug-likeness (QED) is 0.114. The number of benzene rings is 1. The van der Waals surface area contributed by atoms with Gasteiger partial charge in [0.2, 0.25) is 11.8 Å². The fraction of sp³-hybridized carbons (Fsp3) is 0.522. The highest BCUT2D eigenvalue weighted by atomic mass is 127. The number of carbonyl (C=O) groups is 2. The van der Waals surface area contributed by atoms with Crippen LogP contribution in [-0.4, -0.2) is 54.0 Å². The van der Waals surface area contributed by atoms with Crippen LogP contribution in [0, 0.1) is 29.5 Å². The summed E-state index contributed by atoms with van der Waals surface area (Å²) in [5, 5.41) is 16.5. The molecule has 0 radical (unpaired) electrons. The van der Waals surface area contributed by atoms with Gasteiger partial charge >= 0.3 is 0 Å². The Balaban J connectivity index is 0.00000289. The molecule has 1 aliphatic heterocycles. The number of halogens is 2. The van der Waals surface area contributed by atoms with E-state index in [4.69, 9.17) is 0 Å². The highest BCUT2D eigenvalue weighted by molar-refractivity contribution is 14.0. The zero-order valence-corrected chi connectivity index (χ0v) is 20.4. The molecule has 7 nitrogen and oxygen atoms in total. The van der Waals surface area contributed by atoms with Gasteiger partial charge in [-0.1, -0.05) is 24.3 Å². The van der Waals surface area contributed by atoms with Gasteiger partial charge in [0.15, 0.2) is 5.96 Å². The summed E-state index contributed by atoms with van der Waals surface area (Å²) in [5.41, 5.74) is 0.598. The van der Waals surface area contributed by atoms with Crippen molar-refractivity contribution in [1.82, 2.24) is 15.5 Å². The second kappa shape index (κ2) is 10.7. The predicted molar refractivity (Wildman–Crippen MR) is 130 cm³/mol. The monoisotopic (exact) mass is 556 g/mol. The molecule has 174 valence electrons. The normalized spacial score (nSPS) is 26.8. The van der Waals surface area contributed by atoms with Crippen LogP contribution in [0.25, 0.3) is 0 Å². The fourth-order valence-electron chi connectivity index (χ4n) is 4.94. The van der Waals surface area contributed by atoms with Gasteiger partial charge in [0.25, 0.3) is 0 Å². The topological polar surface area (TPSA) is 94.0 Å². The molecule has 9 heteroatoms. The van der Waals surface area contributed by atoms with Crippen LogP contribution in [0.5, 0.6) is 0 Å². The number of aliphatic hydroxyl groups excluding tert-OH is 1. The summed E-state index contributed by atoms with van der Waals surface area (Å²) in [5.74, 6) is 0.317. The van der Waals surface area contributed by atoms with E-state index in [0.29, 0.717) is 37.6 Å². The number of nitrogens with one attached hydrogen (secondary N) is 2. The minimum atomic E-state index is -0.834. The largest absolute Gasteiger partial charge is 0.386 e. The molecule has 1 heterocycles. The molecule has 3 aliphatic rings. The first-order chi connectivity index (χ1) is 15.0. The molecule has 5 unspecified atom stereocenters. The molecule has 4 rings (SSSR count). The number of imide groups is 1. The lowest BCUT2D eigenvalue weighted by Crippen LogP contribution is -2.40. The number of nitrogens with zero attached hydrogens (tertiary/aromatic N) is 2. The highest BCUT2D eigenvalue weighted by Gasteiger charge is 2.58. The number of guanidine groups is 1. The third-order valence-electron chi connectivity index (χ3n) is 6.43. The van der Waals surface area contributed by atoms with Crippen LogP contribution in [0.15, 0.2) is 41.4 Å². The molecule has 1 aromatic rings. The van der Waals surface area contributed by atoms with Gasteiger partial charge in [-0.25, -0.2) is 4.39 Å². The first-order valence-corrected chi connectivity index (χ1v) is 11.0. The first kappa shape index (κ1) is 24.6. The maximum Gasteiger partial charge on any atom is 0.233 e. The lowest BCUT2D eigenvalue weighted by molar-refractivity contribution is -0.140. The Kier molecular flexibility index (Phi) is 8.26. The van der Waals surface area contributed by atoms with E-state index >= 15 is 0 Å². The molecule has 2 aliphatic carbocycles. The van der Waals surface area contributed by atoms with Gasteiger partial charge in [-0.2, -0.15) is 0 Å². The summed E-state index contributed by atoms with van der Waals surface area (Å²) < 4.78 is 13.0. The van der Waals surface area contributed by atoms with Crippen molar-refractivity contribution in [3.05, 3.63) is 47.8 Å². The number of rotatable bonds is 8. The summed E-state index contributed by atoms with van der Waals surface area (Å²) in [6.07, 6.45) is 4.92. The zero-order valence-electron chi connectivity index (χ0n) is 18.0. The average molecular weight is 556 g/mol. The van der Waals surface area contributed by atoms with Gasteiger partial charge in [0, 0.05) is 19.6 Å². The number of amides is 2. The summed E-state index contributed by atoms with van der Waals surface area (Å²) in [4.78, 5) is 31.2. The Hall–Kier alpha value is -2.01. The van der Waals surface area contributed by atoms with E-state index in [1.165, 1.54) is 29.2 Å². The standard InChI is InChI=1S/C23H29FN4O3.HI/c1-2-25-23(27-13-18(29)14-6-8-17(24)9-7-14)26-10-3-11-28-21(30)19-15-4-5-16(12-15)20(19)22(28)31;/h4-9,15-16,18-20,29H,2-3,10-13H2,1H3,(H2,25,26,27);1H. The Morgan fingerprint density at radius 1 is 1.16 bits per heavy atom. The summed E-state index contributed by atoms with van der Waals surface area (Å²) in [6, 6.07) is 5.69. The van der Waals surface area contributed by atoms with Gasteiger partial charge in [0.05, 0.1) is 24.5 Å². The molecule has 1 saturated carbocycles. The molecule has 3 N–H and O–H groups in total. The zero-order chi connectivity index (χ0) is 22.0. The van der Waals surface area contributed by atoms with Crippen LogP contribution >= 0.6 is 24.0 Å². The van der Waals surface area contributed by atoms with Crippen LogP contribution in [0.4, 0.5) is 4.39 Å². The number of likely N-dealkylation sites (tertiary alicyclic amines) is 1. The predicted octanol–water partition coefficient (Wildman–Crippen LogP) is 2.23. The third kappa shape index (κ3) is 4.98. The second-order valence-electron chi connectivity index (χ2n) is 8.40. The van der Waals surface area contributed by atoms with Crippen LogP contribution in [-0.2, 0) is 9.59 Å². The summed E-state index contributed by atoms with van der Waals surface area (Å²) in [7, 11) is 0. The third-order valence-corrected chi connectivity index (χ3v) is 6.43. The Morgan fingerprint density at radius 3 is 2.38 bits per heavy atom. The van der Waals surface area contributed by atoms with Gasteiger partial charge < -0.3 is 15.7 Å². The van der Waals surface area contributed by atoms with Crippen LogP contribution in [0.3, 0.4) is 0 Å². The van der Waals surface area contributed by atoms with Crippen molar-refractivity contribution in [3.63, 3.8) is 0 Å². The van der Waals surface area contributed by atoms with E-state index in [-0.39, 0.29) is 71.8 Å². The Bertz CT molecular complexity index is 862. The number of fused-ring (bicyclic) bond motifs is 5. The second-order valence-corrected chi connectivity index (χ2v) is 8.40. The molecular formula is C23H30FIN4O3. The molecule has 2 amide bonds. The number of hydrogen-bond donors (Lipinski definition) is 3. The number of aliphatic hydroxyl groups is 1. The van der Waals surface area contributed by atoms with E-state index in [1.807, 2.05) is 6.92 Å². The molecule has 1 saturated heterocycles. The maximum absolute atomic E-state index is 13.0. The number of hydrogen-bond acceptors (Lipinski definition) is 4. The first-order valence-electron chi connectivity index (χ1n) is 11.0. The molecule has 32 heavy (non-hydrogen) atoms. The molecular weight excluding hydrogens is 526 g/mol. The number of aliphatic imine (C=N–C) groups is 1. The minimum Gasteiger partial charge on any atom is -0.386 e. The van der Waals surface area contributed by atoms with E-state index in [0.717, 1.165) is 6.42 Å². The lowest BCUT2D eigenvalue weighted by Gasteiger charge is -2.18. The Labute approximate surface area is 204 Å². The van der Waals surface area contributed by atoms with Crippen molar-refractivity contribution >= 4 is 41.8 Å².